The number of aryl methyl sites for hydroxylation is 2. The highest BCUT2D eigenvalue weighted by molar-refractivity contribution is 6.49. The normalized spacial score (nSPS) is 10.5. The minimum atomic E-state index is -0.799. The molecule has 0 aromatic heterocycles. The number of ether oxygens (including phenoxy) is 3. The molecule has 32 heavy (non-hydrogen) atoms. The minimum absolute atomic E-state index is 0.0319. The van der Waals surface area contributed by atoms with Crippen molar-refractivity contribution in [3.63, 3.8) is 0 Å². The van der Waals surface area contributed by atoms with Gasteiger partial charge in [0.25, 0.3) is 0 Å². The van der Waals surface area contributed by atoms with Crippen LogP contribution in [0.3, 0.4) is 0 Å². The van der Waals surface area contributed by atoms with Crippen LogP contribution in [0.1, 0.15) is 31.8 Å². The molecule has 0 fully saturated rings. The van der Waals surface area contributed by atoms with E-state index in [2.05, 4.69) is 0 Å². The number of carbonyl (C=O) groups is 2. The van der Waals surface area contributed by atoms with Crippen LogP contribution in [0.15, 0.2) is 54.6 Å². The molecule has 0 heterocycles. The minimum Gasteiger partial charge on any atom is -0.508 e. The van der Waals surface area contributed by atoms with E-state index in [0.29, 0.717) is 24.2 Å². The van der Waals surface area contributed by atoms with E-state index in [0.717, 1.165) is 5.56 Å². The molecule has 3 aromatic carbocycles. The van der Waals surface area contributed by atoms with Gasteiger partial charge in [0.2, 0.25) is 17.3 Å². The molecular weight excluding hydrogens is 412 g/mol. The summed E-state index contributed by atoms with van der Waals surface area (Å²) in [6.45, 7) is 0. The maximum atomic E-state index is 13.1. The molecule has 0 aliphatic heterocycles. The Morgan fingerprint density at radius 2 is 1.34 bits per heavy atom. The second-order valence-corrected chi connectivity index (χ2v) is 7.06. The summed E-state index contributed by atoms with van der Waals surface area (Å²) in [6.07, 6.45) is 1.00. The van der Waals surface area contributed by atoms with Crippen molar-refractivity contribution in [3.05, 3.63) is 76.9 Å². The van der Waals surface area contributed by atoms with Crippen LogP contribution in [0.2, 0.25) is 0 Å². The van der Waals surface area contributed by atoms with Crippen molar-refractivity contribution >= 4 is 11.6 Å². The molecule has 3 rings (SSSR count). The van der Waals surface area contributed by atoms with Crippen LogP contribution in [0.4, 0.5) is 0 Å². The van der Waals surface area contributed by atoms with Gasteiger partial charge in [-0.2, -0.15) is 0 Å². The lowest BCUT2D eigenvalue weighted by molar-refractivity contribution is 0.0814. The number of hydrogen-bond donors (Lipinski definition) is 2. The van der Waals surface area contributed by atoms with E-state index >= 15 is 0 Å². The zero-order chi connectivity index (χ0) is 23.3. The van der Waals surface area contributed by atoms with Crippen LogP contribution in [0.5, 0.6) is 28.7 Å². The molecule has 0 saturated heterocycles. The van der Waals surface area contributed by atoms with Gasteiger partial charge in [0.15, 0.2) is 11.5 Å². The van der Waals surface area contributed by atoms with Gasteiger partial charge in [-0.05, 0) is 54.3 Å². The van der Waals surface area contributed by atoms with E-state index in [1.54, 1.807) is 24.3 Å². The first kappa shape index (κ1) is 22.7. The standard InChI is InChI=1S/C25H24O7/c1-30-23-17(11-10-15-6-4-8-18(26)12-15)14-20(24(31-2)25(23)32-3)22(29)21(28)16-7-5-9-19(27)13-16/h4-9,12-14,26-27H,10-11H2,1-3H3. The molecule has 0 saturated carbocycles. The van der Waals surface area contributed by atoms with Gasteiger partial charge >= 0.3 is 0 Å². The number of phenolic OH excluding ortho intramolecular Hbond substituents is 2. The zero-order valence-corrected chi connectivity index (χ0v) is 18.0. The van der Waals surface area contributed by atoms with Gasteiger partial charge in [-0.25, -0.2) is 0 Å². The fourth-order valence-electron chi connectivity index (χ4n) is 3.53. The number of hydrogen-bond acceptors (Lipinski definition) is 7. The van der Waals surface area contributed by atoms with Crippen LogP contribution in [-0.4, -0.2) is 43.1 Å². The summed E-state index contributed by atoms with van der Waals surface area (Å²) in [6, 6.07) is 14.0. The number of benzene rings is 3. The Labute approximate surface area is 185 Å². The van der Waals surface area contributed by atoms with Crippen molar-refractivity contribution in [1.29, 1.82) is 0 Å². The van der Waals surface area contributed by atoms with E-state index in [4.69, 9.17) is 14.2 Å². The predicted molar refractivity (Wildman–Crippen MR) is 118 cm³/mol. The molecule has 0 radical (unpaired) electrons. The second kappa shape index (κ2) is 9.87. The first-order valence-corrected chi connectivity index (χ1v) is 9.87. The highest BCUT2D eigenvalue weighted by Crippen LogP contribution is 2.43. The molecule has 7 heteroatoms. The lowest BCUT2D eigenvalue weighted by Gasteiger charge is -2.19. The summed E-state index contributed by atoms with van der Waals surface area (Å²) in [7, 11) is 4.28. The molecule has 0 bridgehead atoms. The molecule has 166 valence electrons. The Balaban J connectivity index is 2.05. The molecule has 3 aromatic rings. The maximum Gasteiger partial charge on any atom is 0.237 e. The number of Topliss-reactive ketones (excluding diaryl/α,β-unsaturated/α-hetero) is 2. The number of methoxy groups -OCH3 is 3. The average molecular weight is 436 g/mol. The first-order valence-electron chi connectivity index (χ1n) is 9.87. The Hall–Kier alpha value is -4.00. The molecule has 0 amide bonds. The van der Waals surface area contributed by atoms with Gasteiger partial charge in [0.05, 0.1) is 26.9 Å². The maximum absolute atomic E-state index is 13.1. The monoisotopic (exact) mass is 436 g/mol. The lowest BCUT2D eigenvalue weighted by Crippen LogP contribution is -2.17. The number of phenols is 2. The summed E-state index contributed by atoms with van der Waals surface area (Å²) in [5.74, 6) is -0.855. The van der Waals surface area contributed by atoms with Gasteiger partial charge in [-0.1, -0.05) is 24.3 Å². The first-order chi connectivity index (χ1) is 15.4. The Kier molecular flexibility index (Phi) is 7.00. The zero-order valence-electron chi connectivity index (χ0n) is 18.0. The highest BCUT2D eigenvalue weighted by atomic mass is 16.5. The number of aromatic hydroxyl groups is 2. The molecular formula is C25H24O7. The van der Waals surface area contributed by atoms with Crippen molar-refractivity contribution in [2.45, 2.75) is 12.8 Å². The third-order valence-corrected chi connectivity index (χ3v) is 5.03. The van der Waals surface area contributed by atoms with Crippen molar-refractivity contribution < 1.29 is 34.0 Å². The summed E-state index contributed by atoms with van der Waals surface area (Å²) in [4.78, 5) is 26.0. The quantitative estimate of drug-likeness (QED) is 0.386. The Morgan fingerprint density at radius 1 is 0.719 bits per heavy atom. The van der Waals surface area contributed by atoms with E-state index in [1.807, 2.05) is 6.07 Å². The number of rotatable bonds is 9. The van der Waals surface area contributed by atoms with Crippen molar-refractivity contribution in [1.82, 2.24) is 0 Å². The highest BCUT2D eigenvalue weighted by Gasteiger charge is 2.28. The van der Waals surface area contributed by atoms with Crippen molar-refractivity contribution in [3.8, 4) is 28.7 Å². The van der Waals surface area contributed by atoms with Crippen LogP contribution >= 0.6 is 0 Å². The van der Waals surface area contributed by atoms with Crippen molar-refractivity contribution in [2.24, 2.45) is 0 Å². The molecule has 0 unspecified atom stereocenters. The Morgan fingerprint density at radius 3 is 1.94 bits per heavy atom. The largest absolute Gasteiger partial charge is 0.508 e. The van der Waals surface area contributed by atoms with E-state index < -0.39 is 11.6 Å². The van der Waals surface area contributed by atoms with E-state index in [-0.39, 0.29) is 34.1 Å². The van der Waals surface area contributed by atoms with Crippen LogP contribution in [0, 0.1) is 0 Å². The van der Waals surface area contributed by atoms with E-state index in [9.17, 15) is 19.8 Å². The third kappa shape index (κ3) is 4.67. The van der Waals surface area contributed by atoms with Gasteiger partial charge < -0.3 is 24.4 Å². The van der Waals surface area contributed by atoms with Crippen molar-refractivity contribution in [2.75, 3.05) is 21.3 Å². The smallest absolute Gasteiger partial charge is 0.237 e. The molecule has 0 aliphatic carbocycles. The molecule has 7 nitrogen and oxygen atoms in total. The number of ketones is 2. The SMILES string of the molecule is COc1c(CCc2cccc(O)c2)cc(C(=O)C(=O)c2cccc(O)c2)c(OC)c1OC. The summed E-state index contributed by atoms with van der Waals surface area (Å²) in [5.41, 5.74) is 1.63. The second-order valence-electron chi connectivity index (χ2n) is 7.06. The van der Waals surface area contributed by atoms with Gasteiger partial charge in [0.1, 0.15) is 11.5 Å². The number of carbonyl (C=O) groups excluding carboxylic acids is 2. The van der Waals surface area contributed by atoms with Crippen LogP contribution in [0.25, 0.3) is 0 Å². The van der Waals surface area contributed by atoms with E-state index in [1.165, 1.54) is 45.6 Å². The van der Waals surface area contributed by atoms with Gasteiger partial charge in [-0.15, -0.1) is 0 Å². The van der Waals surface area contributed by atoms with Crippen LogP contribution < -0.4 is 14.2 Å². The van der Waals surface area contributed by atoms with Gasteiger partial charge in [-0.3, -0.25) is 9.59 Å². The predicted octanol–water partition coefficient (Wildman–Crippen LogP) is 3.97. The summed E-state index contributed by atoms with van der Waals surface area (Å²) in [5, 5.41) is 19.4. The molecule has 0 aliphatic rings. The summed E-state index contributed by atoms with van der Waals surface area (Å²) >= 11 is 0. The fraction of sp³-hybridized carbons (Fsp3) is 0.200. The molecule has 0 spiro atoms. The van der Waals surface area contributed by atoms with Crippen LogP contribution in [-0.2, 0) is 12.8 Å². The summed E-state index contributed by atoms with van der Waals surface area (Å²) < 4.78 is 16.4. The third-order valence-electron chi connectivity index (χ3n) is 5.03. The topological polar surface area (TPSA) is 102 Å². The lowest BCUT2D eigenvalue weighted by atomic mass is 9.95. The fourth-order valence-corrected chi connectivity index (χ4v) is 3.53. The average Bonchev–Trinajstić information content (AvgIpc) is 2.80. The Bertz CT molecular complexity index is 1150. The molecule has 0 atom stereocenters. The van der Waals surface area contributed by atoms with Gasteiger partial charge in [0, 0.05) is 5.56 Å². The molecule has 2 N–H and O–H groups in total.